The van der Waals surface area contributed by atoms with E-state index < -0.39 is 0 Å². The molecule has 0 atom stereocenters. The lowest BCUT2D eigenvalue weighted by Gasteiger charge is -2.14. The molecule has 28 heavy (non-hydrogen) atoms. The highest BCUT2D eigenvalue weighted by Gasteiger charge is 2.17. The summed E-state index contributed by atoms with van der Waals surface area (Å²) in [6, 6.07) is 12.1. The quantitative estimate of drug-likeness (QED) is 0.541. The van der Waals surface area contributed by atoms with Crippen LogP contribution < -0.4 is 20.1 Å². The predicted molar refractivity (Wildman–Crippen MR) is 112 cm³/mol. The van der Waals surface area contributed by atoms with Gasteiger partial charge >= 0.3 is 0 Å². The first-order chi connectivity index (χ1) is 13.8. The topological polar surface area (TPSA) is 67.8 Å². The van der Waals surface area contributed by atoms with Crippen molar-refractivity contribution in [3.63, 3.8) is 0 Å². The molecule has 0 amide bonds. The van der Waals surface area contributed by atoms with E-state index >= 15 is 0 Å². The SMILES string of the molecule is CN=C(NCCc1ccc(OC)cc1)NCc1ccnc(OC2CCCC2)c1. The minimum atomic E-state index is 0.322. The Balaban J connectivity index is 1.43. The Kier molecular flexibility index (Phi) is 7.53. The molecule has 2 aromatic rings. The van der Waals surface area contributed by atoms with E-state index in [0.29, 0.717) is 18.5 Å². The van der Waals surface area contributed by atoms with Crippen LogP contribution in [0.25, 0.3) is 0 Å². The van der Waals surface area contributed by atoms with Crippen molar-refractivity contribution in [2.45, 2.75) is 44.8 Å². The highest BCUT2D eigenvalue weighted by atomic mass is 16.5. The molecule has 1 saturated carbocycles. The zero-order valence-electron chi connectivity index (χ0n) is 16.8. The summed E-state index contributed by atoms with van der Waals surface area (Å²) < 4.78 is 11.2. The van der Waals surface area contributed by atoms with Crippen molar-refractivity contribution in [2.24, 2.45) is 4.99 Å². The third kappa shape index (κ3) is 6.15. The fourth-order valence-electron chi connectivity index (χ4n) is 3.33. The van der Waals surface area contributed by atoms with Gasteiger partial charge in [-0.2, -0.15) is 0 Å². The Morgan fingerprint density at radius 2 is 1.89 bits per heavy atom. The van der Waals surface area contributed by atoms with Gasteiger partial charge in [-0.05, 0) is 61.4 Å². The number of guanidine groups is 1. The number of nitrogens with one attached hydrogen (secondary N) is 2. The van der Waals surface area contributed by atoms with Crippen molar-refractivity contribution in [3.8, 4) is 11.6 Å². The molecule has 0 unspecified atom stereocenters. The lowest BCUT2D eigenvalue weighted by Crippen LogP contribution is -2.37. The van der Waals surface area contributed by atoms with Crippen molar-refractivity contribution in [1.82, 2.24) is 15.6 Å². The second-order valence-electron chi connectivity index (χ2n) is 6.98. The number of hydrogen-bond acceptors (Lipinski definition) is 4. The maximum Gasteiger partial charge on any atom is 0.213 e. The summed E-state index contributed by atoms with van der Waals surface area (Å²) >= 11 is 0. The summed E-state index contributed by atoms with van der Waals surface area (Å²) in [5.41, 5.74) is 2.38. The van der Waals surface area contributed by atoms with Gasteiger partial charge in [-0.25, -0.2) is 4.98 Å². The van der Waals surface area contributed by atoms with Crippen LogP contribution in [0, 0.1) is 0 Å². The molecule has 1 aliphatic rings. The van der Waals surface area contributed by atoms with E-state index in [0.717, 1.165) is 43.1 Å². The van der Waals surface area contributed by atoms with E-state index in [1.54, 1.807) is 20.4 Å². The molecule has 1 aromatic heterocycles. The number of hydrogen-bond donors (Lipinski definition) is 2. The molecular formula is C22H30N4O2. The number of rotatable bonds is 8. The molecule has 0 radical (unpaired) electrons. The molecule has 3 rings (SSSR count). The minimum absolute atomic E-state index is 0.322. The highest BCUT2D eigenvalue weighted by Crippen LogP contribution is 2.23. The zero-order chi connectivity index (χ0) is 19.6. The molecule has 1 fully saturated rings. The number of pyridine rings is 1. The number of ether oxygens (including phenoxy) is 2. The first-order valence-corrected chi connectivity index (χ1v) is 9.96. The standard InChI is InChI=1S/C22H30N4O2/c1-23-22(25-14-11-17-7-9-19(27-2)10-8-17)26-16-18-12-13-24-21(15-18)28-20-5-3-4-6-20/h7-10,12-13,15,20H,3-6,11,14,16H2,1-2H3,(H2,23,25,26). The van der Waals surface area contributed by atoms with Gasteiger partial charge in [0.2, 0.25) is 5.88 Å². The fraction of sp³-hybridized carbons (Fsp3) is 0.455. The lowest BCUT2D eigenvalue weighted by molar-refractivity contribution is 0.201. The molecular weight excluding hydrogens is 352 g/mol. The Hall–Kier alpha value is -2.76. The minimum Gasteiger partial charge on any atom is -0.497 e. The lowest BCUT2D eigenvalue weighted by atomic mass is 10.1. The molecule has 2 N–H and O–H groups in total. The molecule has 6 heteroatoms. The molecule has 0 spiro atoms. The van der Waals surface area contributed by atoms with Crippen LogP contribution in [0.3, 0.4) is 0 Å². The number of aromatic nitrogens is 1. The predicted octanol–water partition coefficient (Wildman–Crippen LogP) is 3.32. The van der Waals surface area contributed by atoms with Gasteiger partial charge in [0.25, 0.3) is 0 Å². The second-order valence-corrected chi connectivity index (χ2v) is 6.98. The van der Waals surface area contributed by atoms with Gasteiger partial charge in [0.15, 0.2) is 5.96 Å². The van der Waals surface area contributed by atoms with Gasteiger partial charge in [0.05, 0.1) is 7.11 Å². The van der Waals surface area contributed by atoms with E-state index in [-0.39, 0.29) is 0 Å². The molecule has 0 aliphatic heterocycles. The first-order valence-electron chi connectivity index (χ1n) is 9.96. The van der Waals surface area contributed by atoms with Crippen LogP contribution in [-0.2, 0) is 13.0 Å². The van der Waals surface area contributed by atoms with E-state index in [2.05, 4.69) is 32.7 Å². The van der Waals surface area contributed by atoms with Crippen LogP contribution in [0.1, 0.15) is 36.8 Å². The normalized spacial score (nSPS) is 14.7. The van der Waals surface area contributed by atoms with Crippen LogP contribution in [0.5, 0.6) is 11.6 Å². The zero-order valence-corrected chi connectivity index (χ0v) is 16.8. The molecule has 1 aromatic carbocycles. The van der Waals surface area contributed by atoms with Crippen molar-refractivity contribution >= 4 is 5.96 Å². The largest absolute Gasteiger partial charge is 0.497 e. The Bertz CT molecular complexity index is 755. The summed E-state index contributed by atoms with van der Waals surface area (Å²) in [7, 11) is 3.46. The average molecular weight is 383 g/mol. The second kappa shape index (κ2) is 10.5. The first kappa shape index (κ1) is 20.0. The summed E-state index contributed by atoms with van der Waals surface area (Å²) in [6.45, 7) is 1.48. The summed E-state index contributed by atoms with van der Waals surface area (Å²) in [4.78, 5) is 8.64. The fourth-order valence-corrected chi connectivity index (χ4v) is 3.33. The van der Waals surface area contributed by atoms with Crippen LogP contribution >= 0.6 is 0 Å². The van der Waals surface area contributed by atoms with E-state index in [1.165, 1.54) is 18.4 Å². The molecule has 0 bridgehead atoms. The molecule has 0 saturated heterocycles. The Labute approximate surface area is 167 Å². The van der Waals surface area contributed by atoms with Crippen molar-refractivity contribution in [3.05, 3.63) is 53.7 Å². The number of aliphatic imine (C=N–C) groups is 1. The molecule has 150 valence electrons. The maximum atomic E-state index is 5.99. The van der Waals surface area contributed by atoms with E-state index in [9.17, 15) is 0 Å². The van der Waals surface area contributed by atoms with Crippen LogP contribution in [0.2, 0.25) is 0 Å². The van der Waals surface area contributed by atoms with Gasteiger partial charge in [0, 0.05) is 32.4 Å². The van der Waals surface area contributed by atoms with Crippen LogP contribution in [0.15, 0.2) is 47.6 Å². The number of nitrogens with zero attached hydrogens (tertiary/aromatic N) is 2. The van der Waals surface area contributed by atoms with Crippen LogP contribution in [0.4, 0.5) is 0 Å². The highest BCUT2D eigenvalue weighted by molar-refractivity contribution is 5.79. The van der Waals surface area contributed by atoms with Gasteiger partial charge in [-0.1, -0.05) is 12.1 Å². The molecule has 1 heterocycles. The van der Waals surface area contributed by atoms with Gasteiger partial charge in [-0.3, -0.25) is 4.99 Å². The maximum absolute atomic E-state index is 5.99. The summed E-state index contributed by atoms with van der Waals surface area (Å²) in [5.74, 6) is 2.38. The van der Waals surface area contributed by atoms with E-state index in [1.807, 2.05) is 24.3 Å². The third-order valence-electron chi connectivity index (χ3n) is 4.94. The summed E-state index contributed by atoms with van der Waals surface area (Å²) in [5, 5.41) is 6.70. The monoisotopic (exact) mass is 382 g/mol. The number of methoxy groups -OCH3 is 1. The molecule has 6 nitrogen and oxygen atoms in total. The van der Waals surface area contributed by atoms with Crippen molar-refractivity contribution < 1.29 is 9.47 Å². The van der Waals surface area contributed by atoms with E-state index in [4.69, 9.17) is 9.47 Å². The van der Waals surface area contributed by atoms with Crippen molar-refractivity contribution in [1.29, 1.82) is 0 Å². The van der Waals surface area contributed by atoms with Gasteiger partial charge in [-0.15, -0.1) is 0 Å². The van der Waals surface area contributed by atoms with Gasteiger partial charge < -0.3 is 20.1 Å². The smallest absolute Gasteiger partial charge is 0.213 e. The average Bonchev–Trinajstić information content (AvgIpc) is 3.24. The third-order valence-corrected chi connectivity index (χ3v) is 4.94. The van der Waals surface area contributed by atoms with Gasteiger partial charge in [0.1, 0.15) is 11.9 Å². The van der Waals surface area contributed by atoms with Crippen molar-refractivity contribution in [2.75, 3.05) is 20.7 Å². The number of benzene rings is 1. The Morgan fingerprint density at radius 3 is 2.61 bits per heavy atom. The summed E-state index contributed by atoms with van der Waals surface area (Å²) in [6.07, 6.45) is 7.82. The Morgan fingerprint density at radius 1 is 1.11 bits per heavy atom. The van der Waals surface area contributed by atoms with Crippen LogP contribution in [-0.4, -0.2) is 37.7 Å². The molecule has 1 aliphatic carbocycles.